The zero-order valence-electron chi connectivity index (χ0n) is 33.2. The summed E-state index contributed by atoms with van der Waals surface area (Å²) in [7, 11) is -1.40. The van der Waals surface area contributed by atoms with E-state index in [0.29, 0.717) is 35.0 Å². The number of aromatic nitrogens is 1. The van der Waals surface area contributed by atoms with E-state index in [1.54, 1.807) is 17.0 Å². The minimum absolute atomic E-state index is 0.0651. The molecule has 1 aromatic carbocycles. The zero-order chi connectivity index (χ0) is 42.6. The first-order chi connectivity index (χ1) is 26.5. The molecule has 0 aliphatic heterocycles. The first-order valence-corrected chi connectivity index (χ1v) is 21.3. The molecule has 0 bridgehead atoms. The maximum absolute atomic E-state index is 12.7. The average molecular weight is 830 g/mol. The number of rotatable bonds is 14. The number of halogens is 3. The third-order valence-corrected chi connectivity index (χ3v) is 11.5. The monoisotopic (exact) mass is 829 g/mol. The van der Waals surface area contributed by atoms with E-state index in [-0.39, 0.29) is 47.0 Å². The normalized spacial score (nSPS) is 19.2. The summed E-state index contributed by atoms with van der Waals surface area (Å²) in [5, 5.41) is 15.7. The molecule has 4 amide bonds. The van der Waals surface area contributed by atoms with Crippen molar-refractivity contribution in [3.05, 3.63) is 60.1 Å². The lowest BCUT2D eigenvalue weighted by Gasteiger charge is -2.25. The van der Waals surface area contributed by atoms with E-state index in [9.17, 15) is 40.8 Å². The fourth-order valence-electron chi connectivity index (χ4n) is 5.68. The molecule has 0 spiro atoms. The Morgan fingerprint density at radius 3 is 2.20 bits per heavy atom. The SMILES string of the molecule is C=CCCCCN(C)C(=O)[C@@H]1CCCC1C(=O)NC1C[C@H]1C=C.CC.CC.Cc1csc(-c2ccc(C(F)(F)F)cc2NC(=O)O)n1.O=CNS(=O)(=O)C1CC1. The van der Waals surface area contributed by atoms with Gasteiger partial charge in [-0.2, -0.15) is 13.2 Å². The molecule has 314 valence electrons. The van der Waals surface area contributed by atoms with Gasteiger partial charge in [-0.05, 0) is 82.4 Å². The molecule has 4 N–H and O–H groups in total. The van der Waals surface area contributed by atoms with Crippen LogP contribution in [0.2, 0.25) is 0 Å². The summed E-state index contributed by atoms with van der Waals surface area (Å²) < 4.78 is 61.0. The van der Waals surface area contributed by atoms with Crippen molar-refractivity contribution in [2.24, 2.45) is 17.8 Å². The van der Waals surface area contributed by atoms with Gasteiger partial charge in [-0.25, -0.2) is 18.2 Å². The van der Waals surface area contributed by atoms with Crippen molar-refractivity contribution in [3.63, 3.8) is 0 Å². The Bertz CT molecular complexity index is 1700. The van der Waals surface area contributed by atoms with Crippen LogP contribution in [-0.2, 0) is 30.6 Å². The van der Waals surface area contributed by atoms with Crippen LogP contribution in [0.5, 0.6) is 0 Å². The third-order valence-electron chi connectivity index (χ3n) is 8.78. The number of allylic oxidation sites excluding steroid dienone is 1. The molecule has 3 saturated carbocycles. The Hall–Kier alpha value is -4.25. The molecule has 4 atom stereocenters. The van der Waals surface area contributed by atoms with Gasteiger partial charge < -0.3 is 15.3 Å². The molecular weight excluding hydrogens is 772 g/mol. The fraction of sp³-hybridized carbons (Fsp3) is 0.564. The van der Waals surface area contributed by atoms with Crippen molar-refractivity contribution in [2.75, 3.05) is 18.9 Å². The molecule has 56 heavy (non-hydrogen) atoms. The number of benzene rings is 1. The van der Waals surface area contributed by atoms with Crippen molar-refractivity contribution in [3.8, 4) is 10.6 Å². The largest absolute Gasteiger partial charge is 0.465 e. The Morgan fingerprint density at radius 1 is 1.05 bits per heavy atom. The minimum Gasteiger partial charge on any atom is -0.465 e. The van der Waals surface area contributed by atoms with Gasteiger partial charge >= 0.3 is 12.3 Å². The highest BCUT2D eigenvalue weighted by Gasteiger charge is 2.42. The van der Waals surface area contributed by atoms with Gasteiger partial charge in [0.1, 0.15) is 5.01 Å². The molecule has 1 aromatic heterocycles. The molecule has 3 fully saturated rings. The van der Waals surface area contributed by atoms with E-state index in [0.717, 1.165) is 63.6 Å². The van der Waals surface area contributed by atoms with Gasteiger partial charge in [-0.1, -0.05) is 46.3 Å². The molecule has 3 aliphatic rings. The number of anilines is 1. The molecule has 1 heterocycles. The van der Waals surface area contributed by atoms with E-state index < -0.39 is 27.9 Å². The number of carbonyl (C=O) groups excluding carboxylic acids is 3. The maximum Gasteiger partial charge on any atom is 0.416 e. The van der Waals surface area contributed by atoms with E-state index in [1.807, 2.05) is 57.1 Å². The molecule has 2 aromatic rings. The molecule has 3 aliphatic carbocycles. The third kappa shape index (κ3) is 16.5. The molecule has 12 nitrogen and oxygen atoms in total. The van der Waals surface area contributed by atoms with Crippen LogP contribution in [0.3, 0.4) is 0 Å². The van der Waals surface area contributed by atoms with Crippen molar-refractivity contribution >= 4 is 51.4 Å². The molecule has 17 heteroatoms. The number of nitrogens with one attached hydrogen (secondary N) is 3. The van der Waals surface area contributed by atoms with Crippen LogP contribution in [0, 0.1) is 24.7 Å². The van der Waals surface area contributed by atoms with Crippen molar-refractivity contribution in [2.45, 2.75) is 110 Å². The highest BCUT2D eigenvalue weighted by molar-refractivity contribution is 7.90. The van der Waals surface area contributed by atoms with Crippen LogP contribution in [0.1, 0.15) is 96.7 Å². The highest BCUT2D eigenvalue weighted by Crippen LogP contribution is 2.38. The van der Waals surface area contributed by atoms with Crippen molar-refractivity contribution < 1.29 is 45.9 Å². The van der Waals surface area contributed by atoms with Crippen molar-refractivity contribution in [1.29, 1.82) is 0 Å². The maximum atomic E-state index is 12.7. The second-order valence-electron chi connectivity index (χ2n) is 12.9. The Morgan fingerprint density at radius 2 is 1.70 bits per heavy atom. The Balaban J connectivity index is 0.000000431. The summed E-state index contributed by atoms with van der Waals surface area (Å²) in [6, 6.07) is 3.12. The number of aryl methyl sites for hydroxylation is 1. The standard InChI is InChI=1S/C19H30N2O2.C12H9F3N2O2S.C4H7NO3S.2C2H6/c1-4-6-7-8-12-21(3)19(23)16-11-9-10-15(16)18(22)20-17-13-14(17)5-2;1-6-5-20-10(16-6)8-3-2-7(12(13,14)15)4-9(8)17-11(18)19;6-3-5-9(7,8)4-1-2-4;2*1-2/h4-5,14-17H,1-2,6-13H2,3H3,(H,20,22);2-5,17H,1H3,(H,18,19);3-4H,1-2H2,(H,5,6);2*1-2H3/t14-,15?,16-,17?;;;;/m1..../s1. The summed E-state index contributed by atoms with van der Waals surface area (Å²) in [4.78, 5) is 51.4. The second-order valence-corrected chi connectivity index (χ2v) is 15.8. The molecule has 5 rings (SSSR count). The van der Waals surface area contributed by atoms with E-state index in [1.165, 1.54) is 17.4 Å². The highest BCUT2D eigenvalue weighted by atomic mass is 32.2. The number of nitrogens with zero attached hydrogens (tertiary/aromatic N) is 2. The summed E-state index contributed by atoms with van der Waals surface area (Å²) >= 11 is 1.23. The number of carboxylic acid groups (broad SMARTS) is 1. The summed E-state index contributed by atoms with van der Waals surface area (Å²) in [6.45, 7) is 18.0. The topological polar surface area (TPSA) is 175 Å². The fourth-order valence-corrected chi connectivity index (χ4v) is 7.60. The predicted molar refractivity (Wildman–Crippen MR) is 216 cm³/mol. The summed E-state index contributed by atoms with van der Waals surface area (Å²) in [5.41, 5.74) is -0.0235. The molecular formula is C39H58F3N5O7S2. The number of alkyl halides is 3. The first-order valence-electron chi connectivity index (χ1n) is 18.9. The van der Waals surface area contributed by atoms with Gasteiger partial charge in [0, 0.05) is 48.1 Å². The van der Waals surface area contributed by atoms with Crippen molar-refractivity contribution in [1.82, 2.24) is 19.9 Å². The van der Waals surface area contributed by atoms with Crippen LogP contribution in [0.4, 0.5) is 23.7 Å². The van der Waals surface area contributed by atoms with E-state index in [4.69, 9.17) is 5.11 Å². The number of amides is 4. The first kappa shape index (κ1) is 49.8. The number of sulfonamides is 1. The number of carbonyl (C=O) groups is 4. The molecule has 0 saturated heterocycles. The number of thiazole rings is 1. The number of unbranched alkanes of at least 4 members (excludes halogenated alkanes) is 2. The average Bonchev–Trinajstić information content (AvgIpc) is 4.07. The van der Waals surface area contributed by atoms with Crippen LogP contribution < -0.4 is 15.4 Å². The second kappa shape index (κ2) is 24.4. The van der Waals surface area contributed by atoms with Gasteiger partial charge in [0.2, 0.25) is 28.2 Å². The quantitative estimate of drug-likeness (QED) is 0.0834. The van der Waals surface area contributed by atoms with Gasteiger partial charge in [-0.15, -0.1) is 24.5 Å². The smallest absolute Gasteiger partial charge is 0.416 e. The lowest BCUT2D eigenvalue weighted by molar-refractivity contribution is -0.139. The van der Waals surface area contributed by atoms with Crippen LogP contribution in [0.15, 0.2) is 48.9 Å². The van der Waals surface area contributed by atoms with Gasteiger partial charge in [0.15, 0.2) is 0 Å². The molecule has 2 unspecified atom stereocenters. The number of hydrogen-bond donors (Lipinski definition) is 4. The van der Waals surface area contributed by atoms with Gasteiger partial charge in [-0.3, -0.25) is 24.4 Å². The lowest BCUT2D eigenvalue weighted by Crippen LogP contribution is -2.41. The van der Waals surface area contributed by atoms with E-state index >= 15 is 0 Å². The lowest BCUT2D eigenvalue weighted by atomic mass is 9.93. The van der Waals surface area contributed by atoms with Crippen LogP contribution in [-0.4, -0.2) is 72.6 Å². The Labute approximate surface area is 333 Å². The zero-order valence-corrected chi connectivity index (χ0v) is 34.8. The van der Waals surface area contributed by atoms with Crippen LogP contribution in [0.25, 0.3) is 10.6 Å². The van der Waals surface area contributed by atoms with E-state index in [2.05, 4.69) is 23.5 Å². The van der Waals surface area contributed by atoms with Gasteiger partial charge in [0.25, 0.3) is 0 Å². The van der Waals surface area contributed by atoms with Gasteiger partial charge in [0.05, 0.1) is 16.5 Å². The number of hydrogen-bond acceptors (Lipinski definition) is 8. The summed E-state index contributed by atoms with van der Waals surface area (Å²) in [6.07, 6.45) is 6.07. The molecule has 0 radical (unpaired) electrons. The minimum atomic E-state index is -4.54. The summed E-state index contributed by atoms with van der Waals surface area (Å²) in [5.74, 6) is 0.333. The predicted octanol–water partition coefficient (Wildman–Crippen LogP) is 8.41. The Kier molecular flexibility index (Phi) is 21.7. The van der Waals surface area contributed by atoms with Crippen LogP contribution >= 0.6 is 11.3 Å².